The fourth-order valence-corrected chi connectivity index (χ4v) is 2.79. The fraction of sp³-hybridized carbons (Fsp3) is 0.600. The summed E-state index contributed by atoms with van der Waals surface area (Å²) in [5.41, 5.74) is 1.20. The molecule has 0 radical (unpaired) electrons. The Labute approximate surface area is 119 Å². The molecule has 2 fully saturated rings. The molecule has 5 nitrogen and oxygen atoms in total. The topological polar surface area (TPSA) is 56.7 Å². The molecule has 1 aromatic heterocycles. The van der Waals surface area contributed by atoms with Crippen molar-refractivity contribution in [1.82, 2.24) is 9.88 Å². The van der Waals surface area contributed by atoms with Crippen molar-refractivity contribution in [3.8, 4) is 0 Å². The molecular formula is C15H21N3O2. The molecule has 0 atom stereocenters. The van der Waals surface area contributed by atoms with E-state index in [9.17, 15) is 9.90 Å². The average Bonchev–Trinajstić information content (AvgIpc) is 3.31. The quantitative estimate of drug-likeness (QED) is 0.905. The Morgan fingerprint density at radius 3 is 2.55 bits per heavy atom. The minimum atomic E-state index is -0.875. The number of nitrogens with zero attached hydrogens (tertiary/aromatic N) is 3. The number of carbonyl (C=O) groups is 1. The maximum atomic E-state index is 11.2. The average molecular weight is 275 g/mol. The third-order valence-electron chi connectivity index (χ3n) is 4.18. The van der Waals surface area contributed by atoms with Gasteiger partial charge in [-0.3, -0.25) is 4.90 Å². The van der Waals surface area contributed by atoms with Gasteiger partial charge in [-0.1, -0.05) is 6.92 Å². The van der Waals surface area contributed by atoms with Crippen LogP contribution in [0.25, 0.3) is 0 Å². The van der Waals surface area contributed by atoms with Gasteiger partial charge in [0.2, 0.25) is 0 Å². The zero-order valence-corrected chi connectivity index (χ0v) is 11.9. The van der Waals surface area contributed by atoms with Crippen molar-refractivity contribution in [2.75, 3.05) is 31.1 Å². The Bertz CT molecular complexity index is 506. The lowest BCUT2D eigenvalue weighted by atomic mass is 10.2. The summed E-state index contributed by atoms with van der Waals surface area (Å²) in [4.78, 5) is 20.5. The Morgan fingerprint density at radius 2 is 2.00 bits per heavy atom. The van der Waals surface area contributed by atoms with E-state index in [4.69, 9.17) is 0 Å². The van der Waals surface area contributed by atoms with E-state index in [2.05, 4.69) is 14.8 Å². The van der Waals surface area contributed by atoms with Gasteiger partial charge >= 0.3 is 5.97 Å². The van der Waals surface area contributed by atoms with Crippen molar-refractivity contribution in [3.63, 3.8) is 0 Å². The molecule has 1 saturated carbocycles. The number of anilines is 1. The number of pyridine rings is 1. The summed E-state index contributed by atoms with van der Waals surface area (Å²) in [6.07, 6.45) is 3.44. The van der Waals surface area contributed by atoms with Crippen LogP contribution in [0.4, 0.5) is 5.82 Å². The lowest BCUT2D eigenvalue weighted by molar-refractivity contribution is 0.0696. The highest BCUT2D eigenvalue weighted by Crippen LogP contribution is 2.28. The molecule has 0 aromatic carbocycles. The molecule has 1 saturated heterocycles. The highest BCUT2D eigenvalue weighted by atomic mass is 16.4. The number of carboxylic acids is 1. The van der Waals surface area contributed by atoms with Crippen molar-refractivity contribution in [2.45, 2.75) is 32.2 Å². The minimum Gasteiger partial charge on any atom is -0.478 e. The number of carboxylic acid groups (broad SMARTS) is 1. The summed E-state index contributed by atoms with van der Waals surface area (Å²) < 4.78 is 0. The summed E-state index contributed by atoms with van der Waals surface area (Å²) in [5, 5.41) is 9.20. The van der Waals surface area contributed by atoms with Crippen LogP contribution in [-0.4, -0.2) is 53.2 Å². The van der Waals surface area contributed by atoms with Crippen LogP contribution >= 0.6 is 0 Å². The number of piperazine rings is 1. The van der Waals surface area contributed by atoms with Crippen LogP contribution in [0.2, 0.25) is 0 Å². The Hall–Kier alpha value is -1.62. The number of aromatic carboxylic acids is 1. The predicted octanol–water partition coefficient (Wildman–Crippen LogP) is 1.63. The molecule has 108 valence electrons. The summed E-state index contributed by atoms with van der Waals surface area (Å²) in [7, 11) is 0. The molecule has 2 heterocycles. The Morgan fingerprint density at radius 1 is 1.30 bits per heavy atom. The second-order valence-corrected chi connectivity index (χ2v) is 5.62. The van der Waals surface area contributed by atoms with Crippen LogP contribution in [0.3, 0.4) is 0 Å². The first-order chi connectivity index (χ1) is 9.67. The Balaban J connectivity index is 1.75. The van der Waals surface area contributed by atoms with E-state index in [1.165, 1.54) is 12.8 Å². The molecule has 0 bridgehead atoms. The third-order valence-corrected chi connectivity index (χ3v) is 4.18. The smallest absolute Gasteiger partial charge is 0.335 e. The first kappa shape index (κ1) is 13.4. The molecule has 2 aliphatic rings. The molecule has 5 heteroatoms. The normalized spacial score (nSPS) is 20.1. The van der Waals surface area contributed by atoms with Gasteiger partial charge in [0, 0.05) is 37.9 Å². The van der Waals surface area contributed by atoms with Crippen molar-refractivity contribution in [2.24, 2.45) is 0 Å². The zero-order valence-electron chi connectivity index (χ0n) is 11.9. The first-order valence-corrected chi connectivity index (χ1v) is 7.40. The van der Waals surface area contributed by atoms with Crippen LogP contribution in [0.15, 0.2) is 12.1 Å². The van der Waals surface area contributed by atoms with E-state index in [1.54, 1.807) is 12.1 Å². The van der Waals surface area contributed by atoms with Crippen LogP contribution in [-0.2, 0) is 6.42 Å². The highest BCUT2D eigenvalue weighted by Gasteiger charge is 2.31. The van der Waals surface area contributed by atoms with Crippen molar-refractivity contribution >= 4 is 11.8 Å². The van der Waals surface area contributed by atoms with Gasteiger partial charge in [0.1, 0.15) is 5.82 Å². The minimum absolute atomic E-state index is 0.344. The maximum absolute atomic E-state index is 11.2. The molecule has 3 rings (SSSR count). The number of aryl methyl sites for hydroxylation is 1. The molecule has 1 aliphatic carbocycles. The van der Waals surface area contributed by atoms with Gasteiger partial charge in [-0.05, 0) is 31.4 Å². The SMILES string of the molecule is CCc1cc(C(=O)O)cc(N2CCN(C3CC3)CC2)n1. The summed E-state index contributed by atoms with van der Waals surface area (Å²) in [6, 6.07) is 4.18. The van der Waals surface area contributed by atoms with Gasteiger partial charge in [-0.15, -0.1) is 0 Å². The lowest BCUT2D eigenvalue weighted by Gasteiger charge is -2.35. The number of hydrogen-bond acceptors (Lipinski definition) is 4. The second-order valence-electron chi connectivity index (χ2n) is 5.62. The molecule has 1 aliphatic heterocycles. The summed E-state index contributed by atoms with van der Waals surface area (Å²) in [5.74, 6) is -0.0582. The first-order valence-electron chi connectivity index (χ1n) is 7.40. The van der Waals surface area contributed by atoms with Gasteiger partial charge in [-0.2, -0.15) is 0 Å². The van der Waals surface area contributed by atoms with Crippen molar-refractivity contribution in [1.29, 1.82) is 0 Å². The van der Waals surface area contributed by atoms with E-state index in [0.29, 0.717) is 5.56 Å². The van der Waals surface area contributed by atoms with Crippen molar-refractivity contribution < 1.29 is 9.90 Å². The summed E-state index contributed by atoms with van der Waals surface area (Å²) >= 11 is 0. The summed E-state index contributed by atoms with van der Waals surface area (Å²) in [6.45, 7) is 6.00. The largest absolute Gasteiger partial charge is 0.478 e. The predicted molar refractivity (Wildman–Crippen MR) is 77.4 cm³/mol. The monoisotopic (exact) mass is 275 g/mol. The molecule has 0 unspecified atom stereocenters. The van der Waals surface area contributed by atoms with Gasteiger partial charge in [0.15, 0.2) is 0 Å². The molecule has 20 heavy (non-hydrogen) atoms. The molecule has 0 amide bonds. The van der Waals surface area contributed by atoms with Crippen LogP contribution in [0, 0.1) is 0 Å². The number of aromatic nitrogens is 1. The second kappa shape index (κ2) is 5.40. The molecular weight excluding hydrogens is 254 g/mol. The van der Waals surface area contributed by atoms with Crippen LogP contribution in [0.1, 0.15) is 35.8 Å². The highest BCUT2D eigenvalue weighted by molar-refractivity contribution is 5.88. The van der Waals surface area contributed by atoms with Gasteiger partial charge < -0.3 is 10.0 Å². The molecule has 1 aromatic rings. The van der Waals surface area contributed by atoms with E-state index < -0.39 is 5.97 Å². The van der Waals surface area contributed by atoms with E-state index in [0.717, 1.165) is 50.2 Å². The maximum Gasteiger partial charge on any atom is 0.335 e. The van der Waals surface area contributed by atoms with E-state index >= 15 is 0 Å². The van der Waals surface area contributed by atoms with E-state index in [-0.39, 0.29) is 0 Å². The van der Waals surface area contributed by atoms with Gasteiger partial charge in [-0.25, -0.2) is 9.78 Å². The third kappa shape index (κ3) is 2.77. The zero-order chi connectivity index (χ0) is 14.1. The fourth-order valence-electron chi connectivity index (χ4n) is 2.79. The molecule has 1 N–H and O–H groups in total. The van der Waals surface area contributed by atoms with Gasteiger partial charge in [0.25, 0.3) is 0 Å². The van der Waals surface area contributed by atoms with Crippen LogP contribution in [0.5, 0.6) is 0 Å². The lowest BCUT2D eigenvalue weighted by Crippen LogP contribution is -2.47. The molecule has 0 spiro atoms. The number of rotatable bonds is 4. The van der Waals surface area contributed by atoms with Crippen molar-refractivity contribution in [3.05, 3.63) is 23.4 Å². The number of hydrogen-bond donors (Lipinski definition) is 1. The van der Waals surface area contributed by atoms with Crippen LogP contribution < -0.4 is 4.90 Å². The van der Waals surface area contributed by atoms with E-state index in [1.807, 2.05) is 6.92 Å². The standard InChI is InChI=1S/C15H21N3O2/c1-2-12-9-11(15(19)20)10-14(16-12)18-7-5-17(6-8-18)13-3-4-13/h9-10,13H,2-8H2,1H3,(H,19,20). The Kier molecular flexibility index (Phi) is 3.61. The van der Waals surface area contributed by atoms with Gasteiger partial charge in [0.05, 0.1) is 5.56 Å².